The molecular formula is C16H22N2O3. The van der Waals surface area contributed by atoms with E-state index in [1.54, 1.807) is 43.9 Å². The molecule has 5 heteroatoms. The van der Waals surface area contributed by atoms with E-state index >= 15 is 0 Å². The number of rotatable bonds is 3. The third-order valence-corrected chi connectivity index (χ3v) is 4.23. The first-order valence-corrected chi connectivity index (χ1v) is 7.13. The molecule has 2 amide bonds. The van der Waals surface area contributed by atoms with Crippen LogP contribution in [0.4, 0.5) is 0 Å². The van der Waals surface area contributed by atoms with Crippen molar-refractivity contribution in [2.45, 2.75) is 51.7 Å². The number of carbonyl (C=O) groups is 2. The van der Waals surface area contributed by atoms with Crippen LogP contribution in [0.2, 0.25) is 0 Å². The number of carbonyl (C=O) groups excluding carboxylic acids is 2. The van der Waals surface area contributed by atoms with Gasteiger partial charge in [-0.1, -0.05) is 19.1 Å². The number of hydrogen-bond acceptors (Lipinski definition) is 3. The van der Waals surface area contributed by atoms with Crippen LogP contribution >= 0.6 is 0 Å². The summed E-state index contributed by atoms with van der Waals surface area (Å²) in [7, 11) is 0. The summed E-state index contributed by atoms with van der Waals surface area (Å²) in [6.45, 7) is 7.38. The molecule has 0 aromatic heterocycles. The zero-order valence-corrected chi connectivity index (χ0v) is 12.9. The highest BCUT2D eigenvalue weighted by molar-refractivity contribution is 6.01. The van der Waals surface area contributed by atoms with Crippen LogP contribution in [0.1, 0.15) is 39.7 Å². The van der Waals surface area contributed by atoms with Gasteiger partial charge < -0.3 is 15.3 Å². The Morgan fingerprint density at radius 1 is 1.24 bits per heavy atom. The molecule has 2 rings (SSSR count). The number of amides is 2. The number of nitrogens with one attached hydrogen (secondary N) is 1. The predicted octanol–water partition coefficient (Wildman–Crippen LogP) is 1.80. The maximum absolute atomic E-state index is 12.7. The summed E-state index contributed by atoms with van der Waals surface area (Å²) in [6, 6.07) is 6.76. The lowest BCUT2D eigenvalue weighted by Crippen LogP contribution is -2.72. The molecule has 1 fully saturated rings. The van der Waals surface area contributed by atoms with Gasteiger partial charge in [-0.25, -0.2) is 0 Å². The van der Waals surface area contributed by atoms with Gasteiger partial charge in [-0.3, -0.25) is 9.59 Å². The van der Waals surface area contributed by atoms with Crippen molar-refractivity contribution in [3.05, 3.63) is 29.8 Å². The van der Waals surface area contributed by atoms with Gasteiger partial charge in [-0.15, -0.1) is 0 Å². The molecule has 0 aliphatic carbocycles. The van der Waals surface area contributed by atoms with E-state index in [9.17, 15) is 14.7 Å². The number of phenolic OH excluding ortho intramolecular Hbond substituents is 1. The van der Waals surface area contributed by atoms with Crippen LogP contribution in [0.3, 0.4) is 0 Å². The Bertz CT molecular complexity index is 583. The van der Waals surface area contributed by atoms with Crippen LogP contribution in [-0.2, 0) is 16.1 Å². The fourth-order valence-electron chi connectivity index (χ4n) is 2.59. The summed E-state index contributed by atoms with van der Waals surface area (Å²) in [5.41, 5.74) is -0.991. The average molecular weight is 290 g/mol. The first-order chi connectivity index (χ1) is 9.70. The zero-order chi connectivity index (χ0) is 15.8. The van der Waals surface area contributed by atoms with E-state index in [2.05, 4.69) is 5.32 Å². The zero-order valence-electron chi connectivity index (χ0n) is 12.9. The molecule has 21 heavy (non-hydrogen) atoms. The molecule has 1 atom stereocenters. The Morgan fingerprint density at radius 3 is 2.48 bits per heavy atom. The summed E-state index contributed by atoms with van der Waals surface area (Å²) in [6.07, 6.45) is 0.527. The number of benzene rings is 1. The van der Waals surface area contributed by atoms with Crippen LogP contribution in [-0.4, -0.2) is 32.9 Å². The predicted molar refractivity (Wildman–Crippen MR) is 79.6 cm³/mol. The van der Waals surface area contributed by atoms with E-state index in [4.69, 9.17) is 0 Å². The van der Waals surface area contributed by atoms with E-state index in [1.807, 2.05) is 13.0 Å². The minimum Gasteiger partial charge on any atom is -0.508 e. The van der Waals surface area contributed by atoms with E-state index < -0.39 is 11.1 Å². The molecule has 0 spiro atoms. The van der Waals surface area contributed by atoms with Crippen molar-refractivity contribution >= 4 is 11.8 Å². The van der Waals surface area contributed by atoms with E-state index in [0.717, 1.165) is 5.56 Å². The Morgan fingerprint density at radius 2 is 1.90 bits per heavy atom. The summed E-state index contributed by atoms with van der Waals surface area (Å²) in [5, 5.41) is 12.4. The Labute approximate surface area is 125 Å². The second-order valence-electron chi connectivity index (χ2n) is 6.27. The van der Waals surface area contributed by atoms with Gasteiger partial charge in [0.15, 0.2) is 0 Å². The Hall–Kier alpha value is -2.04. The summed E-state index contributed by atoms with van der Waals surface area (Å²) >= 11 is 0. The smallest absolute Gasteiger partial charge is 0.248 e. The molecule has 114 valence electrons. The van der Waals surface area contributed by atoms with Gasteiger partial charge >= 0.3 is 0 Å². The number of aromatic hydroxyl groups is 1. The Balaban J connectivity index is 2.40. The van der Waals surface area contributed by atoms with Crippen molar-refractivity contribution in [1.29, 1.82) is 0 Å². The van der Waals surface area contributed by atoms with Gasteiger partial charge in [0.2, 0.25) is 11.8 Å². The summed E-state index contributed by atoms with van der Waals surface area (Å²) in [5.74, 6) is -0.108. The third kappa shape index (κ3) is 2.60. The van der Waals surface area contributed by atoms with Gasteiger partial charge in [0.1, 0.15) is 16.8 Å². The van der Waals surface area contributed by atoms with Crippen molar-refractivity contribution in [1.82, 2.24) is 10.2 Å². The molecule has 5 nitrogen and oxygen atoms in total. The first-order valence-electron chi connectivity index (χ1n) is 7.13. The summed E-state index contributed by atoms with van der Waals surface area (Å²) in [4.78, 5) is 26.7. The topological polar surface area (TPSA) is 69.6 Å². The van der Waals surface area contributed by atoms with Crippen LogP contribution in [0.25, 0.3) is 0 Å². The molecule has 0 saturated carbocycles. The normalized spacial score (nSPS) is 24.9. The highest BCUT2D eigenvalue weighted by Gasteiger charge is 2.51. The van der Waals surface area contributed by atoms with E-state index in [0.29, 0.717) is 13.0 Å². The van der Waals surface area contributed by atoms with Gasteiger partial charge in [0, 0.05) is 6.54 Å². The monoisotopic (exact) mass is 290 g/mol. The Kier molecular flexibility index (Phi) is 3.70. The fourth-order valence-corrected chi connectivity index (χ4v) is 2.59. The molecule has 2 N–H and O–H groups in total. The van der Waals surface area contributed by atoms with Crippen molar-refractivity contribution in [2.75, 3.05) is 0 Å². The maximum atomic E-state index is 12.7. The molecule has 1 unspecified atom stereocenters. The van der Waals surface area contributed by atoms with Gasteiger partial charge in [0.05, 0.1) is 0 Å². The van der Waals surface area contributed by atoms with E-state index in [1.165, 1.54) is 0 Å². The summed E-state index contributed by atoms with van der Waals surface area (Å²) < 4.78 is 0. The molecular weight excluding hydrogens is 268 g/mol. The molecule has 0 radical (unpaired) electrons. The largest absolute Gasteiger partial charge is 0.508 e. The second-order valence-corrected chi connectivity index (χ2v) is 6.27. The van der Waals surface area contributed by atoms with Crippen LogP contribution in [0.5, 0.6) is 5.75 Å². The molecule has 1 aliphatic heterocycles. The van der Waals surface area contributed by atoms with Crippen molar-refractivity contribution in [3.8, 4) is 5.75 Å². The highest BCUT2D eigenvalue weighted by Crippen LogP contribution is 2.31. The van der Waals surface area contributed by atoms with E-state index in [-0.39, 0.29) is 17.6 Å². The van der Waals surface area contributed by atoms with Crippen LogP contribution < -0.4 is 5.32 Å². The lowest BCUT2D eigenvalue weighted by molar-refractivity contribution is -0.161. The minimum absolute atomic E-state index is 0.116. The first kappa shape index (κ1) is 15.4. The lowest BCUT2D eigenvalue weighted by atomic mass is 9.86. The molecule has 1 aromatic carbocycles. The van der Waals surface area contributed by atoms with Gasteiger partial charge in [-0.05, 0) is 44.9 Å². The molecule has 0 bridgehead atoms. The lowest BCUT2D eigenvalue weighted by Gasteiger charge is -2.49. The third-order valence-electron chi connectivity index (χ3n) is 4.23. The number of nitrogens with zero attached hydrogens (tertiary/aromatic N) is 1. The number of phenols is 1. The fraction of sp³-hybridized carbons (Fsp3) is 0.500. The standard InChI is InChI=1S/C16H22N2O3/c1-5-16(4)13(20)17-15(2,3)14(21)18(16)10-11-7-6-8-12(19)9-11/h6-9,19H,5,10H2,1-4H3,(H,17,20). The van der Waals surface area contributed by atoms with Crippen LogP contribution in [0.15, 0.2) is 24.3 Å². The maximum Gasteiger partial charge on any atom is 0.248 e. The van der Waals surface area contributed by atoms with Crippen molar-refractivity contribution < 1.29 is 14.7 Å². The van der Waals surface area contributed by atoms with Crippen molar-refractivity contribution in [3.63, 3.8) is 0 Å². The van der Waals surface area contributed by atoms with Crippen molar-refractivity contribution in [2.24, 2.45) is 0 Å². The van der Waals surface area contributed by atoms with Crippen LogP contribution in [0, 0.1) is 0 Å². The SMILES string of the molecule is CCC1(C)C(=O)NC(C)(C)C(=O)N1Cc1cccc(O)c1. The molecule has 1 saturated heterocycles. The molecule has 1 aromatic rings. The second kappa shape index (κ2) is 5.06. The van der Waals surface area contributed by atoms with Gasteiger partial charge in [0.25, 0.3) is 0 Å². The van der Waals surface area contributed by atoms with Gasteiger partial charge in [-0.2, -0.15) is 0 Å². The number of piperazine rings is 1. The number of hydrogen-bond donors (Lipinski definition) is 2. The minimum atomic E-state index is -0.914. The molecule has 1 aliphatic rings. The average Bonchev–Trinajstić information content (AvgIpc) is 2.41. The quantitative estimate of drug-likeness (QED) is 0.892. The molecule has 1 heterocycles. The highest BCUT2D eigenvalue weighted by atomic mass is 16.3.